The lowest BCUT2D eigenvalue weighted by Crippen LogP contribution is -2.26. The lowest BCUT2D eigenvalue weighted by Gasteiger charge is -2.12. The Balaban J connectivity index is 3.57. The number of nitrogens with zero attached hydrogens (tertiary/aromatic N) is 1. The third-order valence-electron chi connectivity index (χ3n) is 3.09. The molecule has 0 spiro atoms. The Morgan fingerprint density at radius 3 is 2.68 bits per heavy atom. The van der Waals surface area contributed by atoms with E-state index in [1.165, 1.54) is 0 Å². The Hall–Kier alpha value is -1.90. The summed E-state index contributed by atoms with van der Waals surface area (Å²) in [7, 11) is 0. The second-order valence-corrected chi connectivity index (χ2v) is 4.87. The van der Waals surface area contributed by atoms with Gasteiger partial charge in [-0.3, -0.25) is 15.3 Å². The number of carbonyl (C=O) groups is 2. The largest absolute Gasteiger partial charge is 0.449 e. The Labute approximate surface area is 129 Å². The summed E-state index contributed by atoms with van der Waals surface area (Å²) < 4.78 is 4.53. The molecule has 0 aromatic carbocycles. The topological polar surface area (TPSA) is 134 Å². The van der Waals surface area contributed by atoms with Crippen LogP contribution in [-0.2, 0) is 19.2 Å². The van der Waals surface area contributed by atoms with Gasteiger partial charge in [0.25, 0.3) is 11.6 Å². The minimum Gasteiger partial charge on any atom is -0.449 e. The molecular formula is C13H25N3O6. The quantitative estimate of drug-likeness (QED) is 0.160. The van der Waals surface area contributed by atoms with Crippen molar-refractivity contribution in [2.24, 2.45) is 5.73 Å². The van der Waals surface area contributed by atoms with E-state index in [1.807, 2.05) is 0 Å². The summed E-state index contributed by atoms with van der Waals surface area (Å²) in [4.78, 5) is 36.3. The third-order valence-corrected chi connectivity index (χ3v) is 3.09. The molecule has 0 aliphatic rings. The van der Waals surface area contributed by atoms with E-state index in [2.05, 4.69) is 14.9 Å². The monoisotopic (exact) mass is 319 g/mol. The summed E-state index contributed by atoms with van der Waals surface area (Å²) in [5.41, 5.74) is 5.47. The van der Waals surface area contributed by atoms with Crippen LogP contribution >= 0.6 is 0 Å². The zero-order chi connectivity index (χ0) is 16.8. The zero-order valence-electron chi connectivity index (χ0n) is 12.9. The van der Waals surface area contributed by atoms with Gasteiger partial charge < -0.3 is 14.9 Å². The summed E-state index contributed by atoms with van der Waals surface area (Å²) in [6, 6.07) is 0. The van der Waals surface area contributed by atoms with E-state index in [-0.39, 0.29) is 5.91 Å². The van der Waals surface area contributed by atoms with Crippen molar-refractivity contribution in [1.29, 1.82) is 0 Å². The molecule has 0 aliphatic heterocycles. The van der Waals surface area contributed by atoms with Crippen LogP contribution < -0.4 is 11.1 Å². The fraction of sp³-hybridized carbons (Fsp3) is 0.846. The third kappa shape index (κ3) is 11.9. The minimum absolute atomic E-state index is 0.0932. The normalized spacial score (nSPS) is 13.0. The van der Waals surface area contributed by atoms with E-state index in [0.29, 0.717) is 45.1 Å². The van der Waals surface area contributed by atoms with E-state index in [0.717, 1.165) is 12.8 Å². The SMILES string of the molecule is CCC(CCCC(=O)NCCCCC(N)OC=O)O[N+](=O)[O-]. The maximum Gasteiger partial charge on any atom is 0.294 e. The zero-order valence-corrected chi connectivity index (χ0v) is 12.9. The highest BCUT2D eigenvalue weighted by atomic mass is 17.0. The van der Waals surface area contributed by atoms with Gasteiger partial charge in [0.2, 0.25) is 5.91 Å². The van der Waals surface area contributed by atoms with Crippen molar-refractivity contribution in [3.05, 3.63) is 10.1 Å². The van der Waals surface area contributed by atoms with E-state index in [4.69, 9.17) is 5.73 Å². The first kappa shape index (κ1) is 20.1. The number of nitrogens with one attached hydrogen (secondary N) is 1. The van der Waals surface area contributed by atoms with Gasteiger partial charge in [0.05, 0.1) is 0 Å². The molecule has 0 aliphatic carbocycles. The van der Waals surface area contributed by atoms with Crippen LogP contribution in [0.1, 0.15) is 51.9 Å². The van der Waals surface area contributed by atoms with Gasteiger partial charge in [0.1, 0.15) is 6.10 Å². The molecule has 0 saturated heterocycles. The maximum atomic E-state index is 11.6. The smallest absolute Gasteiger partial charge is 0.294 e. The predicted molar refractivity (Wildman–Crippen MR) is 78.0 cm³/mol. The minimum atomic E-state index is -0.798. The summed E-state index contributed by atoms with van der Waals surface area (Å²) in [6.45, 7) is 2.64. The van der Waals surface area contributed by atoms with Crippen molar-refractivity contribution in [2.45, 2.75) is 64.2 Å². The van der Waals surface area contributed by atoms with Gasteiger partial charge in [-0.05, 0) is 38.5 Å². The molecule has 128 valence electrons. The molecule has 0 bridgehead atoms. The molecule has 0 heterocycles. The first-order valence-electron chi connectivity index (χ1n) is 7.42. The van der Waals surface area contributed by atoms with E-state index in [9.17, 15) is 19.7 Å². The van der Waals surface area contributed by atoms with Crippen LogP contribution in [-0.4, -0.2) is 36.3 Å². The highest BCUT2D eigenvalue weighted by Gasteiger charge is 2.11. The molecule has 1 amide bonds. The molecule has 9 nitrogen and oxygen atoms in total. The van der Waals surface area contributed by atoms with Crippen molar-refractivity contribution in [1.82, 2.24) is 5.32 Å². The molecular weight excluding hydrogens is 294 g/mol. The van der Waals surface area contributed by atoms with Gasteiger partial charge in [-0.1, -0.05) is 6.92 Å². The molecule has 3 N–H and O–H groups in total. The number of carbonyl (C=O) groups excluding carboxylic acids is 2. The highest BCUT2D eigenvalue weighted by molar-refractivity contribution is 5.75. The van der Waals surface area contributed by atoms with E-state index in [1.54, 1.807) is 6.92 Å². The van der Waals surface area contributed by atoms with Crippen LogP contribution in [0.25, 0.3) is 0 Å². The summed E-state index contributed by atoms with van der Waals surface area (Å²) in [5.74, 6) is -0.0932. The number of unbranched alkanes of at least 4 members (excludes halogenated alkanes) is 1. The molecule has 2 atom stereocenters. The number of ether oxygens (including phenoxy) is 1. The molecule has 9 heteroatoms. The average molecular weight is 319 g/mol. The Morgan fingerprint density at radius 2 is 2.09 bits per heavy atom. The van der Waals surface area contributed by atoms with Gasteiger partial charge in [0.15, 0.2) is 6.23 Å². The number of nitrogens with two attached hydrogens (primary N) is 1. The molecule has 0 aromatic heterocycles. The summed E-state index contributed by atoms with van der Waals surface area (Å²) >= 11 is 0. The summed E-state index contributed by atoms with van der Waals surface area (Å²) in [6.07, 6.45) is 2.83. The molecule has 2 unspecified atom stereocenters. The van der Waals surface area contributed by atoms with Crippen molar-refractivity contribution in [3.8, 4) is 0 Å². The second kappa shape index (κ2) is 12.8. The van der Waals surface area contributed by atoms with Crippen molar-refractivity contribution in [3.63, 3.8) is 0 Å². The number of amides is 1. The van der Waals surface area contributed by atoms with Gasteiger partial charge in [0, 0.05) is 13.0 Å². The number of hydrogen-bond donors (Lipinski definition) is 2. The molecule has 0 fully saturated rings. The summed E-state index contributed by atoms with van der Waals surface area (Å²) in [5, 5.41) is 12.2. The Morgan fingerprint density at radius 1 is 1.36 bits per heavy atom. The second-order valence-electron chi connectivity index (χ2n) is 4.87. The van der Waals surface area contributed by atoms with Crippen LogP contribution in [0, 0.1) is 10.1 Å². The molecule has 0 rings (SSSR count). The molecule has 22 heavy (non-hydrogen) atoms. The maximum absolute atomic E-state index is 11.6. The predicted octanol–water partition coefficient (Wildman–Crippen LogP) is 0.888. The standard InChI is InChI=1S/C13H25N3O6/c1-2-11(22-16(19)20)6-5-8-13(18)15-9-4-3-7-12(14)21-10-17/h10-12H,2-9,14H2,1H3,(H,15,18). The molecule has 0 radical (unpaired) electrons. The van der Waals surface area contributed by atoms with E-state index < -0.39 is 17.4 Å². The van der Waals surface area contributed by atoms with Crippen LogP contribution in [0.5, 0.6) is 0 Å². The number of rotatable bonds is 14. The van der Waals surface area contributed by atoms with Gasteiger partial charge in [-0.25, -0.2) is 0 Å². The molecule has 0 aromatic rings. The van der Waals surface area contributed by atoms with E-state index >= 15 is 0 Å². The molecule has 0 saturated carbocycles. The number of hydrogen-bond acceptors (Lipinski definition) is 7. The van der Waals surface area contributed by atoms with Crippen molar-refractivity contribution in [2.75, 3.05) is 6.54 Å². The first-order valence-corrected chi connectivity index (χ1v) is 7.42. The van der Waals surface area contributed by atoms with Gasteiger partial charge in [-0.2, -0.15) is 0 Å². The van der Waals surface area contributed by atoms with Crippen LogP contribution in [0.4, 0.5) is 0 Å². The lowest BCUT2D eigenvalue weighted by atomic mass is 10.1. The van der Waals surface area contributed by atoms with Gasteiger partial charge >= 0.3 is 0 Å². The Kier molecular flexibility index (Phi) is 11.7. The Bertz CT molecular complexity index is 340. The van der Waals surface area contributed by atoms with Crippen molar-refractivity contribution < 1.29 is 24.3 Å². The highest BCUT2D eigenvalue weighted by Crippen LogP contribution is 2.08. The fourth-order valence-corrected chi connectivity index (χ4v) is 1.87. The van der Waals surface area contributed by atoms with Crippen LogP contribution in [0.2, 0.25) is 0 Å². The van der Waals surface area contributed by atoms with Crippen molar-refractivity contribution >= 4 is 12.4 Å². The van der Waals surface area contributed by atoms with Crippen LogP contribution in [0.15, 0.2) is 0 Å². The first-order chi connectivity index (χ1) is 10.5. The van der Waals surface area contributed by atoms with Crippen LogP contribution in [0.3, 0.4) is 0 Å². The van der Waals surface area contributed by atoms with Gasteiger partial charge in [-0.15, -0.1) is 10.1 Å². The fourth-order valence-electron chi connectivity index (χ4n) is 1.87. The average Bonchev–Trinajstić information content (AvgIpc) is 2.45. The lowest BCUT2D eigenvalue weighted by molar-refractivity contribution is -0.768.